The lowest BCUT2D eigenvalue weighted by Crippen LogP contribution is -2.30. The van der Waals surface area contributed by atoms with Crippen molar-refractivity contribution in [2.45, 2.75) is 17.9 Å². The number of hydrogen-bond acceptors (Lipinski definition) is 3. The van der Waals surface area contributed by atoms with Crippen LogP contribution in [-0.4, -0.2) is 29.9 Å². The molecule has 1 amide bonds. The lowest BCUT2D eigenvalue weighted by molar-refractivity contribution is 0.0921. The maximum Gasteiger partial charge on any atom is 0.252 e. The number of thioether (sulfide) groups is 1. The summed E-state index contributed by atoms with van der Waals surface area (Å²) in [7, 11) is 0. The molecule has 4 heteroatoms. The fraction of sp³-hybridized carbons (Fsp3) is 0.364. The Kier molecular flexibility index (Phi) is 4.65. The first kappa shape index (κ1) is 12.1. The maximum absolute atomic E-state index is 11.7. The fourth-order valence-corrected chi connectivity index (χ4v) is 1.76. The highest BCUT2D eigenvalue weighted by molar-refractivity contribution is 7.98. The van der Waals surface area contributed by atoms with Gasteiger partial charge in [-0.3, -0.25) is 4.79 Å². The Morgan fingerprint density at radius 1 is 1.53 bits per heavy atom. The van der Waals surface area contributed by atoms with E-state index < -0.39 is 6.10 Å². The third kappa shape index (κ3) is 3.57. The number of amides is 1. The number of carbonyl (C=O) groups excluding carboxylic acids is 1. The van der Waals surface area contributed by atoms with E-state index in [1.54, 1.807) is 13.0 Å². The summed E-state index contributed by atoms with van der Waals surface area (Å²) in [5.41, 5.74) is 0.658. The Morgan fingerprint density at radius 3 is 2.80 bits per heavy atom. The summed E-state index contributed by atoms with van der Waals surface area (Å²) in [6, 6.07) is 7.42. The number of benzene rings is 1. The van der Waals surface area contributed by atoms with Crippen LogP contribution in [0.25, 0.3) is 0 Å². The largest absolute Gasteiger partial charge is 0.392 e. The molecular formula is C11H15NO2S. The van der Waals surface area contributed by atoms with Crippen LogP contribution in [0.5, 0.6) is 0 Å². The number of carbonyl (C=O) groups is 1. The van der Waals surface area contributed by atoms with E-state index in [1.807, 2.05) is 24.5 Å². The number of hydrogen-bond donors (Lipinski definition) is 2. The van der Waals surface area contributed by atoms with Crippen molar-refractivity contribution >= 4 is 17.7 Å². The fourth-order valence-electron chi connectivity index (χ4n) is 1.17. The van der Waals surface area contributed by atoms with Crippen molar-refractivity contribution in [3.8, 4) is 0 Å². The van der Waals surface area contributed by atoms with Gasteiger partial charge in [0.1, 0.15) is 0 Å². The van der Waals surface area contributed by atoms with Gasteiger partial charge in [0.05, 0.1) is 11.7 Å². The molecular weight excluding hydrogens is 210 g/mol. The molecule has 0 aliphatic heterocycles. The van der Waals surface area contributed by atoms with E-state index in [9.17, 15) is 4.79 Å². The summed E-state index contributed by atoms with van der Waals surface area (Å²) in [4.78, 5) is 12.6. The molecule has 0 saturated carbocycles. The molecule has 1 rings (SSSR count). The van der Waals surface area contributed by atoms with E-state index >= 15 is 0 Å². The summed E-state index contributed by atoms with van der Waals surface area (Å²) < 4.78 is 0. The lowest BCUT2D eigenvalue weighted by Gasteiger charge is -2.09. The van der Waals surface area contributed by atoms with E-state index in [0.29, 0.717) is 5.56 Å². The van der Waals surface area contributed by atoms with Crippen LogP contribution in [0.3, 0.4) is 0 Å². The third-order valence-electron chi connectivity index (χ3n) is 1.91. The van der Waals surface area contributed by atoms with Gasteiger partial charge in [0.15, 0.2) is 0 Å². The topological polar surface area (TPSA) is 49.3 Å². The molecule has 0 spiro atoms. The third-order valence-corrected chi connectivity index (χ3v) is 2.71. The summed E-state index contributed by atoms with van der Waals surface area (Å²) in [6.45, 7) is 1.92. The summed E-state index contributed by atoms with van der Waals surface area (Å²) in [5, 5.41) is 11.7. The van der Waals surface area contributed by atoms with Crippen molar-refractivity contribution < 1.29 is 9.90 Å². The second kappa shape index (κ2) is 5.78. The van der Waals surface area contributed by atoms with Gasteiger partial charge in [-0.2, -0.15) is 0 Å². The highest BCUT2D eigenvalue weighted by atomic mass is 32.2. The monoisotopic (exact) mass is 225 g/mol. The van der Waals surface area contributed by atoms with Crippen LogP contribution in [0.1, 0.15) is 17.3 Å². The molecule has 1 atom stereocenters. The van der Waals surface area contributed by atoms with Gasteiger partial charge < -0.3 is 10.4 Å². The molecule has 1 aromatic rings. The van der Waals surface area contributed by atoms with Crippen molar-refractivity contribution in [2.24, 2.45) is 0 Å². The van der Waals surface area contributed by atoms with Gasteiger partial charge in [-0.15, -0.1) is 11.8 Å². The molecule has 2 N–H and O–H groups in total. The van der Waals surface area contributed by atoms with Crippen LogP contribution >= 0.6 is 11.8 Å². The zero-order valence-electron chi connectivity index (χ0n) is 8.86. The average Bonchev–Trinajstić information content (AvgIpc) is 2.25. The van der Waals surface area contributed by atoms with E-state index in [2.05, 4.69) is 5.32 Å². The van der Waals surface area contributed by atoms with E-state index in [4.69, 9.17) is 5.11 Å². The van der Waals surface area contributed by atoms with Crippen LogP contribution in [0.4, 0.5) is 0 Å². The lowest BCUT2D eigenvalue weighted by atomic mass is 10.2. The van der Waals surface area contributed by atoms with E-state index in [1.165, 1.54) is 11.8 Å². The quantitative estimate of drug-likeness (QED) is 0.764. The highest BCUT2D eigenvalue weighted by Crippen LogP contribution is 2.19. The van der Waals surface area contributed by atoms with Crippen LogP contribution in [0.15, 0.2) is 29.2 Å². The second-order valence-electron chi connectivity index (χ2n) is 3.26. The van der Waals surface area contributed by atoms with Crippen LogP contribution < -0.4 is 5.32 Å². The predicted octanol–water partition coefficient (Wildman–Crippen LogP) is 1.52. The highest BCUT2D eigenvalue weighted by Gasteiger charge is 2.09. The minimum absolute atomic E-state index is 0.138. The molecule has 0 fully saturated rings. The Balaban J connectivity index is 2.72. The van der Waals surface area contributed by atoms with Crippen molar-refractivity contribution in [1.82, 2.24) is 5.32 Å². The van der Waals surface area contributed by atoms with Gasteiger partial charge in [-0.25, -0.2) is 0 Å². The molecule has 0 aromatic heterocycles. The average molecular weight is 225 g/mol. The smallest absolute Gasteiger partial charge is 0.252 e. The minimum atomic E-state index is -0.518. The first-order valence-electron chi connectivity index (χ1n) is 4.74. The van der Waals surface area contributed by atoms with Gasteiger partial charge in [0.25, 0.3) is 5.91 Å². The standard InChI is InChI=1S/C11H15NO2S/c1-8(13)7-12-11(14)9-5-3-4-6-10(9)15-2/h3-6,8,13H,7H2,1-2H3,(H,12,14)/t8-/m0/s1. The number of aliphatic hydroxyl groups is 1. The van der Waals surface area contributed by atoms with E-state index in [-0.39, 0.29) is 12.5 Å². The number of rotatable bonds is 4. The molecule has 82 valence electrons. The zero-order chi connectivity index (χ0) is 11.3. The molecule has 15 heavy (non-hydrogen) atoms. The van der Waals surface area contributed by atoms with Crippen molar-refractivity contribution in [3.63, 3.8) is 0 Å². The Bertz CT molecular complexity index is 339. The summed E-state index contributed by atoms with van der Waals surface area (Å²) in [6.07, 6.45) is 1.41. The van der Waals surface area contributed by atoms with Crippen LogP contribution in [0, 0.1) is 0 Å². The Hall–Kier alpha value is -1.00. The zero-order valence-corrected chi connectivity index (χ0v) is 9.67. The predicted molar refractivity (Wildman–Crippen MR) is 62.2 cm³/mol. The molecule has 3 nitrogen and oxygen atoms in total. The van der Waals surface area contributed by atoms with E-state index in [0.717, 1.165) is 4.90 Å². The molecule has 0 bridgehead atoms. The van der Waals surface area contributed by atoms with Crippen LogP contribution in [-0.2, 0) is 0 Å². The molecule has 0 aliphatic rings. The Morgan fingerprint density at radius 2 is 2.20 bits per heavy atom. The molecule has 0 heterocycles. The van der Waals surface area contributed by atoms with Crippen LogP contribution in [0.2, 0.25) is 0 Å². The van der Waals surface area contributed by atoms with Gasteiger partial charge in [-0.1, -0.05) is 12.1 Å². The van der Waals surface area contributed by atoms with Crippen molar-refractivity contribution in [2.75, 3.05) is 12.8 Å². The van der Waals surface area contributed by atoms with Gasteiger partial charge in [0, 0.05) is 11.4 Å². The molecule has 0 unspecified atom stereocenters. The number of nitrogens with one attached hydrogen (secondary N) is 1. The molecule has 1 aromatic carbocycles. The van der Waals surface area contributed by atoms with Gasteiger partial charge >= 0.3 is 0 Å². The molecule has 0 saturated heterocycles. The van der Waals surface area contributed by atoms with Crippen molar-refractivity contribution in [3.05, 3.63) is 29.8 Å². The normalized spacial score (nSPS) is 12.2. The Labute approximate surface area is 93.9 Å². The maximum atomic E-state index is 11.7. The first-order chi connectivity index (χ1) is 7.15. The van der Waals surface area contributed by atoms with Gasteiger partial charge in [0.2, 0.25) is 0 Å². The number of aliphatic hydroxyl groups excluding tert-OH is 1. The van der Waals surface area contributed by atoms with Crippen molar-refractivity contribution in [1.29, 1.82) is 0 Å². The molecule has 0 aliphatic carbocycles. The SMILES string of the molecule is CSc1ccccc1C(=O)NC[C@H](C)O. The van der Waals surface area contributed by atoms with Gasteiger partial charge in [-0.05, 0) is 25.3 Å². The summed E-state index contributed by atoms with van der Waals surface area (Å²) in [5.74, 6) is -0.138. The minimum Gasteiger partial charge on any atom is -0.392 e. The second-order valence-corrected chi connectivity index (χ2v) is 4.11. The molecule has 0 radical (unpaired) electrons. The summed E-state index contributed by atoms with van der Waals surface area (Å²) >= 11 is 1.53. The first-order valence-corrected chi connectivity index (χ1v) is 5.97.